The van der Waals surface area contributed by atoms with E-state index in [9.17, 15) is 4.39 Å². The van der Waals surface area contributed by atoms with E-state index in [0.29, 0.717) is 0 Å². The lowest BCUT2D eigenvalue weighted by molar-refractivity contribution is 0.401. The van der Waals surface area contributed by atoms with Crippen molar-refractivity contribution in [3.63, 3.8) is 0 Å². The summed E-state index contributed by atoms with van der Waals surface area (Å²) in [6, 6.07) is 6.73. The van der Waals surface area contributed by atoms with Gasteiger partial charge in [-0.1, -0.05) is 12.1 Å². The van der Waals surface area contributed by atoms with Gasteiger partial charge in [0.15, 0.2) is 0 Å². The second kappa shape index (κ2) is 5.13. The predicted molar refractivity (Wildman–Crippen MR) is 74.5 cm³/mol. The Morgan fingerprint density at radius 2 is 1.89 bits per heavy atom. The zero-order chi connectivity index (χ0) is 14.0. The number of rotatable bonds is 4. The lowest BCUT2D eigenvalue weighted by Gasteiger charge is -2.28. The molecular weight excluding hydrogens is 241 g/mol. The van der Waals surface area contributed by atoms with Gasteiger partial charge in [-0.2, -0.15) is 0 Å². The molecular formula is C15H20FN3. The van der Waals surface area contributed by atoms with Gasteiger partial charge in [0.2, 0.25) is 0 Å². The van der Waals surface area contributed by atoms with E-state index in [0.717, 1.165) is 11.3 Å². The molecule has 102 valence electrons. The topological polar surface area (TPSA) is 29.9 Å². The van der Waals surface area contributed by atoms with Crippen LogP contribution in [0.4, 0.5) is 4.39 Å². The number of benzene rings is 1. The molecule has 1 N–H and O–H groups in total. The van der Waals surface area contributed by atoms with Crippen molar-refractivity contribution < 1.29 is 4.39 Å². The Hall–Kier alpha value is -1.68. The first-order chi connectivity index (χ1) is 8.95. The van der Waals surface area contributed by atoms with Crippen LogP contribution in [0.15, 0.2) is 36.8 Å². The van der Waals surface area contributed by atoms with Crippen LogP contribution in [0, 0.1) is 5.82 Å². The molecule has 1 atom stereocenters. The van der Waals surface area contributed by atoms with Crippen molar-refractivity contribution in [3.05, 3.63) is 53.9 Å². The fraction of sp³-hybridized carbons (Fsp3) is 0.400. The van der Waals surface area contributed by atoms with E-state index in [1.807, 2.05) is 31.7 Å². The summed E-state index contributed by atoms with van der Waals surface area (Å²) in [6.07, 6.45) is 3.69. The minimum absolute atomic E-state index is 0.116. The maximum Gasteiger partial charge on any atom is 0.123 e. The van der Waals surface area contributed by atoms with Gasteiger partial charge < -0.3 is 9.88 Å². The first kappa shape index (κ1) is 13.7. The SMILES string of the molecule is CNC(C)(C)c1cncn1C(C)c1ccc(F)cc1. The molecule has 0 radical (unpaired) electrons. The van der Waals surface area contributed by atoms with Crippen molar-refractivity contribution in [1.29, 1.82) is 0 Å². The molecule has 2 rings (SSSR count). The van der Waals surface area contributed by atoms with Crippen LogP contribution in [0.25, 0.3) is 0 Å². The normalized spacial score (nSPS) is 13.5. The maximum absolute atomic E-state index is 13.0. The molecule has 1 aromatic carbocycles. The summed E-state index contributed by atoms with van der Waals surface area (Å²) in [7, 11) is 1.93. The average Bonchev–Trinajstić information content (AvgIpc) is 2.89. The summed E-state index contributed by atoms with van der Waals surface area (Å²) in [5.74, 6) is -0.211. The minimum Gasteiger partial charge on any atom is -0.326 e. The van der Waals surface area contributed by atoms with Crippen LogP contribution in [0.5, 0.6) is 0 Å². The van der Waals surface area contributed by atoms with Crippen molar-refractivity contribution in [3.8, 4) is 0 Å². The third-order valence-corrected chi connectivity index (χ3v) is 3.70. The predicted octanol–water partition coefficient (Wildman–Crippen LogP) is 3.09. The summed E-state index contributed by atoms with van der Waals surface area (Å²) in [5, 5.41) is 3.28. The Morgan fingerprint density at radius 1 is 1.26 bits per heavy atom. The molecule has 4 heteroatoms. The summed E-state index contributed by atoms with van der Waals surface area (Å²) in [6.45, 7) is 6.31. The standard InChI is InChI=1S/C15H20FN3/c1-11(12-5-7-13(16)8-6-12)19-10-18-9-14(19)15(2,3)17-4/h5-11,17H,1-4H3. The van der Waals surface area contributed by atoms with E-state index in [1.165, 1.54) is 12.1 Å². The monoisotopic (exact) mass is 261 g/mol. The quantitative estimate of drug-likeness (QED) is 0.916. The van der Waals surface area contributed by atoms with Crippen molar-refractivity contribution in [2.45, 2.75) is 32.4 Å². The Labute approximate surface area is 113 Å². The highest BCUT2D eigenvalue weighted by Crippen LogP contribution is 2.26. The summed E-state index contributed by atoms with van der Waals surface area (Å²) in [5.41, 5.74) is 2.00. The second-order valence-electron chi connectivity index (χ2n) is 5.29. The first-order valence-electron chi connectivity index (χ1n) is 6.42. The molecule has 0 saturated carbocycles. The number of nitrogens with zero attached hydrogens (tertiary/aromatic N) is 2. The zero-order valence-corrected chi connectivity index (χ0v) is 11.8. The van der Waals surface area contributed by atoms with Crippen LogP contribution in [0.1, 0.15) is 38.1 Å². The van der Waals surface area contributed by atoms with Crippen LogP contribution < -0.4 is 5.32 Å². The van der Waals surface area contributed by atoms with Crippen molar-refractivity contribution in [2.24, 2.45) is 0 Å². The summed E-state index contributed by atoms with van der Waals surface area (Å²) < 4.78 is 15.1. The molecule has 0 spiro atoms. The molecule has 0 saturated heterocycles. The molecule has 0 aliphatic rings. The van der Waals surface area contributed by atoms with Gasteiger partial charge in [-0.25, -0.2) is 9.37 Å². The Morgan fingerprint density at radius 3 is 2.47 bits per heavy atom. The van der Waals surface area contributed by atoms with E-state index < -0.39 is 0 Å². The number of nitrogens with one attached hydrogen (secondary N) is 1. The van der Waals surface area contributed by atoms with Crippen molar-refractivity contribution >= 4 is 0 Å². The van der Waals surface area contributed by atoms with Gasteiger partial charge in [0.1, 0.15) is 5.82 Å². The maximum atomic E-state index is 13.0. The second-order valence-corrected chi connectivity index (χ2v) is 5.29. The first-order valence-corrected chi connectivity index (χ1v) is 6.42. The molecule has 0 aliphatic heterocycles. The van der Waals surface area contributed by atoms with Crippen molar-refractivity contribution in [1.82, 2.24) is 14.9 Å². The molecule has 1 aromatic heterocycles. The van der Waals surface area contributed by atoms with Gasteiger partial charge in [0.05, 0.1) is 29.8 Å². The number of halogens is 1. The number of aromatic nitrogens is 2. The molecule has 1 unspecified atom stereocenters. The van der Waals surface area contributed by atoms with E-state index in [4.69, 9.17) is 0 Å². The van der Waals surface area contributed by atoms with Gasteiger partial charge in [-0.3, -0.25) is 0 Å². The van der Waals surface area contributed by atoms with Crippen LogP contribution in [0.2, 0.25) is 0 Å². The highest BCUT2D eigenvalue weighted by Gasteiger charge is 2.24. The van der Waals surface area contributed by atoms with E-state index in [2.05, 4.69) is 35.6 Å². The molecule has 19 heavy (non-hydrogen) atoms. The number of hydrogen-bond donors (Lipinski definition) is 1. The lowest BCUT2D eigenvalue weighted by atomic mass is 10.00. The molecule has 0 fully saturated rings. The smallest absolute Gasteiger partial charge is 0.123 e. The van der Waals surface area contributed by atoms with Crippen molar-refractivity contribution in [2.75, 3.05) is 7.05 Å². The van der Waals surface area contributed by atoms with Gasteiger partial charge >= 0.3 is 0 Å². The fourth-order valence-electron chi connectivity index (χ4n) is 2.13. The number of imidazole rings is 1. The molecule has 2 aromatic rings. The highest BCUT2D eigenvalue weighted by molar-refractivity contribution is 5.23. The van der Waals surface area contributed by atoms with Crippen LogP contribution >= 0.6 is 0 Å². The van der Waals surface area contributed by atoms with Gasteiger partial charge in [-0.15, -0.1) is 0 Å². The van der Waals surface area contributed by atoms with Crippen LogP contribution in [0.3, 0.4) is 0 Å². The van der Waals surface area contributed by atoms with Crippen LogP contribution in [-0.4, -0.2) is 16.6 Å². The summed E-state index contributed by atoms with van der Waals surface area (Å²) in [4.78, 5) is 4.25. The highest BCUT2D eigenvalue weighted by atomic mass is 19.1. The van der Waals surface area contributed by atoms with Gasteiger partial charge in [0, 0.05) is 0 Å². The Balaban J connectivity index is 2.37. The Kier molecular flexibility index (Phi) is 3.71. The average molecular weight is 261 g/mol. The molecule has 0 aliphatic carbocycles. The van der Waals surface area contributed by atoms with Gasteiger partial charge in [-0.05, 0) is 45.5 Å². The summed E-state index contributed by atoms with van der Waals surface area (Å²) >= 11 is 0. The molecule has 0 bridgehead atoms. The Bertz CT molecular complexity index is 543. The fourth-order valence-corrected chi connectivity index (χ4v) is 2.13. The third-order valence-electron chi connectivity index (χ3n) is 3.70. The zero-order valence-electron chi connectivity index (χ0n) is 11.8. The van der Waals surface area contributed by atoms with Gasteiger partial charge in [0.25, 0.3) is 0 Å². The third kappa shape index (κ3) is 2.68. The van der Waals surface area contributed by atoms with Crippen LogP contribution in [-0.2, 0) is 5.54 Å². The molecule has 3 nitrogen and oxygen atoms in total. The molecule has 1 heterocycles. The molecule has 0 amide bonds. The largest absolute Gasteiger partial charge is 0.326 e. The lowest BCUT2D eigenvalue weighted by Crippen LogP contribution is -2.36. The van der Waals surface area contributed by atoms with E-state index >= 15 is 0 Å². The van der Waals surface area contributed by atoms with E-state index in [1.54, 1.807) is 0 Å². The minimum atomic E-state index is -0.211. The van der Waals surface area contributed by atoms with E-state index in [-0.39, 0.29) is 17.4 Å². The number of hydrogen-bond acceptors (Lipinski definition) is 2.